The Balaban J connectivity index is 1.54. The predicted molar refractivity (Wildman–Crippen MR) is 153 cm³/mol. The zero-order valence-electron chi connectivity index (χ0n) is 24.5. The molecule has 1 atom stereocenters. The molecule has 1 fully saturated rings. The first-order valence-corrected chi connectivity index (χ1v) is 13.7. The van der Waals surface area contributed by atoms with Crippen LogP contribution in [0.4, 0.5) is 38.1 Å². The van der Waals surface area contributed by atoms with Gasteiger partial charge in [-0.25, -0.2) is 18.6 Å². The Hall–Kier alpha value is -5.02. The number of nitrogens with zero attached hydrogens (tertiary/aromatic N) is 5. The molecule has 1 saturated heterocycles. The minimum atomic E-state index is -4.79. The molecule has 0 unspecified atom stereocenters. The average molecular weight is 634 g/mol. The largest absolute Gasteiger partial charge is 0.449 e. The summed E-state index contributed by atoms with van der Waals surface area (Å²) < 4.78 is 76.9. The molecule has 16 heteroatoms. The number of halogens is 5. The van der Waals surface area contributed by atoms with Crippen molar-refractivity contribution in [3.8, 4) is 5.69 Å². The number of carbonyl (C=O) groups is 2. The number of carbonyl (C=O) groups excluding carboxylic acids is 2. The molecule has 1 aliphatic heterocycles. The van der Waals surface area contributed by atoms with Crippen LogP contribution in [-0.4, -0.2) is 56.1 Å². The molecular weight excluding hydrogens is 605 g/mol. The molecule has 3 heterocycles. The van der Waals surface area contributed by atoms with Crippen LogP contribution in [0.5, 0.6) is 0 Å². The molecule has 45 heavy (non-hydrogen) atoms. The highest BCUT2D eigenvalue weighted by Gasteiger charge is 2.38. The number of benzene rings is 2. The van der Waals surface area contributed by atoms with Crippen molar-refractivity contribution in [2.75, 3.05) is 23.3 Å². The monoisotopic (exact) mass is 633 g/mol. The number of imidazole rings is 1. The van der Waals surface area contributed by atoms with Crippen molar-refractivity contribution in [1.82, 2.24) is 24.6 Å². The van der Waals surface area contributed by atoms with Gasteiger partial charge in [-0.2, -0.15) is 23.0 Å². The lowest BCUT2D eigenvalue weighted by Gasteiger charge is -2.24. The van der Waals surface area contributed by atoms with Crippen LogP contribution in [0.1, 0.15) is 43.4 Å². The number of hydrogen-bond donors (Lipinski definition) is 2. The van der Waals surface area contributed by atoms with Gasteiger partial charge in [0.05, 0.1) is 22.9 Å². The van der Waals surface area contributed by atoms with Crippen LogP contribution in [0.25, 0.3) is 16.7 Å². The zero-order chi connectivity index (χ0) is 32.8. The van der Waals surface area contributed by atoms with E-state index in [1.807, 2.05) is 0 Å². The minimum absolute atomic E-state index is 0.0112. The van der Waals surface area contributed by atoms with Crippen molar-refractivity contribution in [3.05, 3.63) is 76.0 Å². The normalized spacial score (nSPS) is 15.4. The second kappa shape index (κ2) is 11.5. The van der Waals surface area contributed by atoms with Crippen molar-refractivity contribution in [3.63, 3.8) is 0 Å². The van der Waals surface area contributed by atoms with Crippen LogP contribution >= 0.6 is 0 Å². The first kappa shape index (κ1) is 31.4. The lowest BCUT2D eigenvalue weighted by atomic mass is 10.2. The molecule has 2 amide bonds. The fourth-order valence-corrected chi connectivity index (χ4v) is 5.10. The number of alkyl halides is 3. The van der Waals surface area contributed by atoms with Crippen molar-refractivity contribution >= 4 is 34.4 Å². The highest BCUT2D eigenvalue weighted by atomic mass is 19.4. The molecule has 2 N–H and O–H groups in total. The van der Waals surface area contributed by atoms with Crippen molar-refractivity contribution < 1.29 is 36.3 Å². The standard InChI is InChI=1S/C29H28F5N7O4/c1-28(2,3)45-27(44)36-15-11-13-40(14-15)23-19(8-9-20-21(23)38-26(39(20)4)29(32,33)34)37-24(42)16-10-12-35-41(25(16)43)22-17(30)6-5-7-18(22)31/h5-10,12,15H,11,13-14H2,1-4H3,(H,36,44)(H,37,42)/t15-/m0/s1. The van der Waals surface area contributed by atoms with Gasteiger partial charge in [-0.15, -0.1) is 0 Å². The molecule has 1 aliphatic rings. The van der Waals surface area contributed by atoms with E-state index in [-0.39, 0.29) is 35.5 Å². The lowest BCUT2D eigenvalue weighted by molar-refractivity contribution is -0.146. The molecule has 11 nitrogen and oxygen atoms in total. The van der Waals surface area contributed by atoms with Gasteiger partial charge in [0.2, 0.25) is 5.82 Å². The second-order valence-corrected chi connectivity index (χ2v) is 11.4. The molecule has 0 bridgehead atoms. The Morgan fingerprint density at radius 3 is 2.36 bits per heavy atom. The number of ether oxygens (including phenoxy) is 1. The maximum absolute atomic E-state index is 14.4. The molecule has 4 aromatic rings. The number of aromatic nitrogens is 4. The number of fused-ring (bicyclic) bond motifs is 1. The molecule has 0 spiro atoms. The summed E-state index contributed by atoms with van der Waals surface area (Å²) in [5, 5.41) is 8.99. The number of aryl methyl sites for hydroxylation is 1. The highest BCUT2D eigenvalue weighted by Crippen LogP contribution is 2.39. The number of nitrogens with one attached hydrogen (secondary N) is 2. The van der Waals surface area contributed by atoms with E-state index in [1.54, 1.807) is 25.7 Å². The number of amides is 2. The van der Waals surface area contributed by atoms with Gasteiger partial charge < -0.3 is 24.8 Å². The van der Waals surface area contributed by atoms with Gasteiger partial charge in [-0.05, 0) is 57.5 Å². The first-order valence-electron chi connectivity index (χ1n) is 13.7. The summed E-state index contributed by atoms with van der Waals surface area (Å²) in [5.41, 5.74) is -3.05. The smallest absolute Gasteiger partial charge is 0.444 e. The quantitative estimate of drug-likeness (QED) is 0.304. The summed E-state index contributed by atoms with van der Waals surface area (Å²) in [6.07, 6.45) is -4.05. The van der Waals surface area contributed by atoms with Gasteiger partial charge in [0.25, 0.3) is 11.5 Å². The molecule has 0 aliphatic carbocycles. The van der Waals surface area contributed by atoms with Crippen LogP contribution in [0.3, 0.4) is 0 Å². The maximum Gasteiger partial charge on any atom is 0.449 e. The van der Waals surface area contributed by atoms with Gasteiger partial charge in [-0.3, -0.25) is 9.59 Å². The number of anilines is 2. The van der Waals surface area contributed by atoms with E-state index in [0.717, 1.165) is 35.0 Å². The Kier molecular flexibility index (Phi) is 8.01. The summed E-state index contributed by atoms with van der Waals surface area (Å²) >= 11 is 0. The topological polar surface area (TPSA) is 123 Å². The number of para-hydroxylation sites is 1. The second-order valence-electron chi connectivity index (χ2n) is 11.4. The molecule has 0 saturated carbocycles. The summed E-state index contributed by atoms with van der Waals surface area (Å²) in [4.78, 5) is 44.5. The fourth-order valence-electron chi connectivity index (χ4n) is 5.10. The lowest BCUT2D eigenvalue weighted by Crippen LogP contribution is -2.40. The van der Waals surface area contributed by atoms with Crippen molar-refractivity contribution in [2.24, 2.45) is 7.05 Å². The zero-order valence-corrected chi connectivity index (χ0v) is 24.5. The molecule has 2 aromatic heterocycles. The van der Waals surface area contributed by atoms with Gasteiger partial charge in [0.1, 0.15) is 22.4 Å². The fraction of sp³-hybridized carbons (Fsp3) is 0.345. The van der Waals surface area contributed by atoms with E-state index in [1.165, 1.54) is 19.2 Å². The molecular formula is C29H28F5N7O4. The van der Waals surface area contributed by atoms with E-state index in [2.05, 4.69) is 20.7 Å². The van der Waals surface area contributed by atoms with E-state index >= 15 is 0 Å². The summed E-state index contributed by atoms with van der Waals surface area (Å²) in [6, 6.07) is 6.23. The number of rotatable bonds is 5. The predicted octanol–water partition coefficient (Wildman–Crippen LogP) is 4.77. The summed E-state index contributed by atoms with van der Waals surface area (Å²) in [6.45, 7) is 5.50. The van der Waals surface area contributed by atoms with Crippen LogP contribution in [0.15, 0.2) is 47.4 Å². The molecule has 0 radical (unpaired) electrons. The van der Waals surface area contributed by atoms with Crippen LogP contribution in [0, 0.1) is 11.6 Å². The van der Waals surface area contributed by atoms with Gasteiger partial charge >= 0.3 is 12.3 Å². The highest BCUT2D eigenvalue weighted by molar-refractivity contribution is 6.09. The first-order chi connectivity index (χ1) is 21.0. The molecule has 238 valence electrons. The number of alkyl carbamates (subject to hydrolysis) is 1. The molecule has 5 rings (SSSR count). The SMILES string of the molecule is Cn1c(C(F)(F)F)nc2c(N3CC[C@H](NC(=O)OC(C)(C)C)C3)c(NC(=O)c3ccnn(-c4c(F)cccc4F)c3=O)ccc21. The van der Waals surface area contributed by atoms with Crippen LogP contribution in [-0.2, 0) is 18.0 Å². The van der Waals surface area contributed by atoms with Crippen molar-refractivity contribution in [2.45, 2.75) is 45.0 Å². The van der Waals surface area contributed by atoms with Gasteiger partial charge in [0.15, 0.2) is 11.6 Å². The molecule has 2 aromatic carbocycles. The maximum atomic E-state index is 14.4. The Bertz CT molecular complexity index is 1840. The van der Waals surface area contributed by atoms with Crippen LogP contribution < -0.4 is 21.1 Å². The Morgan fingerprint density at radius 1 is 1.02 bits per heavy atom. The van der Waals surface area contributed by atoms with E-state index in [4.69, 9.17) is 4.74 Å². The minimum Gasteiger partial charge on any atom is -0.444 e. The summed E-state index contributed by atoms with van der Waals surface area (Å²) in [5.74, 6) is -4.36. The van der Waals surface area contributed by atoms with E-state index < -0.39 is 64.1 Å². The van der Waals surface area contributed by atoms with Crippen LogP contribution in [0.2, 0.25) is 0 Å². The van der Waals surface area contributed by atoms with Gasteiger partial charge in [0, 0.05) is 26.3 Å². The third-order valence-electron chi connectivity index (χ3n) is 6.99. The third-order valence-corrected chi connectivity index (χ3v) is 6.99. The Morgan fingerprint density at radius 2 is 1.71 bits per heavy atom. The van der Waals surface area contributed by atoms with E-state index in [0.29, 0.717) is 11.1 Å². The van der Waals surface area contributed by atoms with Gasteiger partial charge in [-0.1, -0.05) is 6.07 Å². The Labute approximate surface area is 252 Å². The van der Waals surface area contributed by atoms with Crippen molar-refractivity contribution in [1.29, 1.82) is 0 Å². The third kappa shape index (κ3) is 6.30. The number of hydrogen-bond acceptors (Lipinski definition) is 7. The summed E-state index contributed by atoms with van der Waals surface area (Å²) in [7, 11) is 1.21. The van der Waals surface area contributed by atoms with E-state index in [9.17, 15) is 36.3 Å². The average Bonchev–Trinajstić information content (AvgIpc) is 3.52.